The number of urea groups is 1. The zero-order valence-electron chi connectivity index (χ0n) is 21.2. The number of hydrogen-bond donors (Lipinski definition) is 3. The van der Waals surface area contributed by atoms with Gasteiger partial charge in [0.25, 0.3) is 5.91 Å². The topological polar surface area (TPSA) is 95.2 Å². The summed E-state index contributed by atoms with van der Waals surface area (Å²) in [6, 6.07) is 22.2. The number of hydrogen-bond acceptors (Lipinski definition) is 6. The maximum Gasteiger partial charge on any atom is 0.323 e. The fourth-order valence-corrected chi connectivity index (χ4v) is 4.33. The first-order valence-corrected chi connectivity index (χ1v) is 12.3. The van der Waals surface area contributed by atoms with Crippen molar-refractivity contribution in [1.29, 1.82) is 0 Å². The molecule has 1 aliphatic rings. The van der Waals surface area contributed by atoms with Crippen molar-refractivity contribution in [2.75, 3.05) is 74.0 Å². The van der Waals surface area contributed by atoms with Crippen LogP contribution >= 0.6 is 0 Å². The van der Waals surface area contributed by atoms with Crippen LogP contribution in [0.3, 0.4) is 0 Å². The third-order valence-electron chi connectivity index (χ3n) is 6.17. The van der Waals surface area contributed by atoms with Gasteiger partial charge in [-0.1, -0.05) is 30.3 Å². The molecule has 37 heavy (non-hydrogen) atoms. The number of carbonyl (C=O) groups is 2. The molecule has 3 amide bonds. The SMILES string of the molecule is COCCNC(=O)c1cc(NC(=O)Nc2ccccc2)ccc1N1CCN(c2ccccc2OC)CC1. The smallest absolute Gasteiger partial charge is 0.323 e. The minimum absolute atomic E-state index is 0.216. The number of anilines is 4. The Kier molecular flexibility index (Phi) is 8.83. The minimum Gasteiger partial charge on any atom is -0.495 e. The number of para-hydroxylation sites is 3. The second-order valence-corrected chi connectivity index (χ2v) is 8.57. The molecule has 0 radical (unpaired) electrons. The third-order valence-corrected chi connectivity index (χ3v) is 6.17. The summed E-state index contributed by atoms with van der Waals surface area (Å²) >= 11 is 0. The monoisotopic (exact) mass is 503 g/mol. The number of ether oxygens (including phenoxy) is 2. The van der Waals surface area contributed by atoms with Crippen molar-refractivity contribution in [2.45, 2.75) is 0 Å². The zero-order chi connectivity index (χ0) is 26.0. The highest BCUT2D eigenvalue weighted by atomic mass is 16.5. The van der Waals surface area contributed by atoms with Crippen LogP contribution in [0.1, 0.15) is 10.4 Å². The normalized spacial score (nSPS) is 13.1. The van der Waals surface area contributed by atoms with Crippen molar-refractivity contribution in [3.8, 4) is 5.75 Å². The fourth-order valence-electron chi connectivity index (χ4n) is 4.33. The van der Waals surface area contributed by atoms with E-state index in [4.69, 9.17) is 9.47 Å². The van der Waals surface area contributed by atoms with Crippen molar-refractivity contribution < 1.29 is 19.1 Å². The number of piperazine rings is 1. The van der Waals surface area contributed by atoms with E-state index in [0.717, 1.165) is 43.3 Å². The number of carbonyl (C=O) groups excluding carboxylic acids is 2. The molecular weight excluding hydrogens is 470 g/mol. The predicted molar refractivity (Wildman–Crippen MR) is 147 cm³/mol. The summed E-state index contributed by atoms with van der Waals surface area (Å²) in [5.74, 6) is 0.629. The molecule has 0 bridgehead atoms. The Hall–Kier alpha value is -4.24. The Morgan fingerprint density at radius 1 is 0.784 bits per heavy atom. The number of rotatable bonds is 9. The summed E-state index contributed by atoms with van der Waals surface area (Å²) in [5.41, 5.74) is 3.60. The summed E-state index contributed by atoms with van der Waals surface area (Å²) in [7, 11) is 3.27. The van der Waals surface area contributed by atoms with Crippen molar-refractivity contribution in [2.24, 2.45) is 0 Å². The van der Waals surface area contributed by atoms with Crippen LogP contribution in [0, 0.1) is 0 Å². The lowest BCUT2D eigenvalue weighted by Crippen LogP contribution is -2.47. The molecule has 3 aromatic carbocycles. The second-order valence-electron chi connectivity index (χ2n) is 8.57. The Labute approximate surface area is 217 Å². The molecule has 0 atom stereocenters. The van der Waals surface area contributed by atoms with Crippen LogP contribution in [-0.2, 0) is 4.74 Å². The molecule has 9 nitrogen and oxygen atoms in total. The highest BCUT2D eigenvalue weighted by Crippen LogP contribution is 2.31. The van der Waals surface area contributed by atoms with Crippen LogP contribution < -0.4 is 30.5 Å². The summed E-state index contributed by atoms with van der Waals surface area (Å²) in [5, 5.41) is 8.53. The van der Waals surface area contributed by atoms with Crippen LogP contribution in [0.25, 0.3) is 0 Å². The zero-order valence-corrected chi connectivity index (χ0v) is 21.2. The van der Waals surface area contributed by atoms with Gasteiger partial charge in [0.1, 0.15) is 5.75 Å². The van der Waals surface area contributed by atoms with E-state index >= 15 is 0 Å². The van der Waals surface area contributed by atoms with Crippen LogP contribution in [0.2, 0.25) is 0 Å². The number of amides is 3. The van der Waals surface area contributed by atoms with E-state index in [1.807, 2.05) is 60.7 Å². The Morgan fingerprint density at radius 3 is 2.14 bits per heavy atom. The van der Waals surface area contributed by atoms with E-state index in [0.29, 0.717) is 30.1 Å². The molecule has 3 N–H and O–H groups in total. The van der Waals surface area contributed by atoms with Crippen LogP contribution in [0.15, 0.2) is 72.8 Å². The lowest BCUT2D eigenvalue weighted by atomic mass is 10.1. The van der Waals surface area contributed by atoms with Crippen LogP contribution in [-0.4, -0.2) is 65.5 Å². The summed E-state index contributed by atoms with van der Waals surface area (Å²) < 4.78 is 10.6. The standard InChI is InChI=1S/C28H33N5O4/c1-36-19-14-29-27(34)23-20-22(31-28(35)30-21-8-4-3-5-9-21)12-13-24(23)32-15-17-33(18-16-32)25-10-6-7-11-26(25)37-2/h3-13,20H,14-19H2,1-2H3,(H,29,34)(H2,30,31,35). The number of methoxy groups -OCH3 is 2. The van der Waals surface area contributed by atoms with Crippen LogP contribution in [0.4, 0.5) is 27.5 Å². The largest absolute Gasteiger partial charge is 0.495 e. The van der Waals surface area contributed by atoms with Crippen molar-refractivity contribution in [3.05, 3.63) is 78.4 Å². The lowest BCUT2D eigenvalue weighted by molar-refractivity contribution is 0.0937. The molecule has 1 aliphatic heterocycles. The lowest BCUT2D eigenvalue weighted by Gasteiger charge is -2.38. The molecule has 1 fully saturated rings. The van der Waals surface area contributed by atoms with Crippen molar-refractivity contribution in [3.63, 3.8) is 0 Å². The van der Waals surface area contributed by atoms with E-state index in [9.17, 15) is 9.59 Å². The quantitative estimate of drug-likeness (QED) is 0.382. The highest BCUT2D eigenvalue weighted by molar-refractivity contribution is 6.04. The van der Waals surface area contributed by atoms with Gasteiger partial charge in [0.2, 0.25) is 0 Å². The molecule has 0 spiro atoms. The molecule has 0 aromatic heterocycles. The average molecular weight is 504 g/mol. The molecule has 0 unspecified atom stereocenters. The van der Waals surface area contributed by atoms with E-state index in [1.165, 1.54) is 0 Å². The predicted octanol–water partition coefficient (Wildman–Crippen LogP) is 4.04. The van der Waals surface area contributed by atoms with E-state index < -0.39 is 0 Å². The van der Waals surface area contributed by atoms with E-state index in [2.05, 4.69) is 31.8 Å². The molecule has 0 aliphatic carbocycles. The molecule has 4 rings (SSSR count). The first kappa shape index (κ1) is 25.8. The minimum atomic E-state index is -0.380. The van der Waals surface area contributed by atoms with Gasteiger partial charge in [0, 0.05) is 56.9 Å². The van der Waals surface area contributed by atoms with Crippen LogP contribution in [0.5, 0.6) is 5.75 Å². The first-order chi connectivity index (χ1) is 18.1. The summed E-state index contributed by atoms with van der Waals surface area (Å²) in [4.78, 5) is 30.1. The molecule has 0 saturated carbocycles. The van der Waals surface area contributed by atoms with E-state index in [1.54, 1.807) is 20.3 Å². The average Bonchev–Trinajstić information content (AvgIpc) is 2.93. The van der Waals surface area contributed by atoms with Gasteiger partial charge in [-0.05, 0) is 42.5 Å². The second kappa shape index (κ2) is 12.6. The van der Waals surface area contributed by atoms with Gasteiger partial charge < -0.3 is 35.2 Å². The first-order valence-electron chi connectivity index (χ1n) is 12.3. The Balaban J connectivity index is 1.49. The Morgan fingerprint density at radius 2 is 1.43 bits per heavy atom. The van der Waals surface area contributed by atoms with Gasteiger partial charge in [-0.25, -0.2) is 4.79 Å². The highest BCUT2D eigenvalue weighted by Gasteiger charge is 2.23. The van der Waals surface area contributed by atoms with Gasteiger partial charge in [-0.3, -0.25) is 4.79 Å². The maximum atomic E-state index is 13.1. The maximum absolute atomic E-state index is 13.1. The fraction of sp³-hybridized carbons (Fsp3) is 0.286. The molecule has 9 heteroatoms. The van der Waals surface area contributed by atoms with Gasteiger partial charge in [-0.2, -0.15) is 0 Å². The number of nitrogens with zero attached hydrogens (tertiary/aromatic N) is 2. The molecule has 1 saturated heterocycles. The third kappa shape index (κ3) is 6.71. The van der Waals surface area contributed by atoms with Crippen molar-refractivity contribution >= 4 is 34.7 Å². The van der Waals surface area contributed by atoms with Gasteiger partial charge >= 0.3 is 6.03 Å². The molecular formula is C28H33N5O4. The van der Waals surface area contributed by atoms with E-state index in [-0.39, 0.29) is 11.9 Å². The van der Waals surface area contributed by atoms with Crippen molar-refractivity contribution in [1.82, 2.24) is 5.32 Å². The molecule has 194 valence electrons. The number of benzene rings is 3. The van der Waals surface area contributed by atoms with Gasteiger partial charge in [-0.15, -0.1) is 0 Å². The summed E-state index contributed by atoms with van der Waals surface area (Å²) in [6.07, 6.45) is 0. The molecule has 1 heterocycles. The van der Waals surface area contributed by atoms with Gasteiger partial charge in [0.05, 0.1) is 25.0 Å². The summed E-state index contributed by atoms with van der Waals surface area (Å²) in [6.45, 7) is 3.84. The van der Waals surface area contributed by atoms with Gasteiger partial charge in [0.15, 0.2) is 0 Å². The molecule has 3 aromatic rings. The number of nitrogens with one attached hydrogen (secondary N) is 3. The Bertz CT molecular complexity index is 1200.